The van der Waals surface area contributed by atoms with Gasteiger partial charge in [-0.25, -0.2) is 4.39 Å². The molecule has 1 aromatic carbocycles. The quantitative estimate of drug-likeness (QED) is 0.620. The van der Waals surface area contributed by atoms with Gasteiger partial charge in [-0.05, 0) is 36.4 Å². The van der Waals surface area contributed by atoms with Crippen LogP contribution in [0.25, 0.3) is 17.4 Å². The average Bonchev–Trinajstić information content (AvgIpc) is 3.02. The van der Waals surface area contributed by atoms with Crippen molar-refractivity contribution < 1.29 is 13.6 Å². The van der Waals surface area contributed by atoms with Crippen LogP contribution in [0.5, 0.6) is 0 Å². The second-order valence-corrected chi connectivity index (χ2v) is 6.13. The Morgan fingerprint density at radius 1 is 1.24 bits per heavy atom. The molecule has 3 nitrogen and oxygen atoms in total. The molecule has 6 heteroatoms. The Labute approximate surface area is 130 Å². The van der Waals surface area contributed by atoms with E-state index < -0.39 is 0 Å². The number of nitrogens with zero attached hydrogens (tertiary/aromatic N) is 1. The topological polar surface area (TPSA) is 33.5 Å². The first-order valence-electron chi connectivity index (χ1n) is 6.12. The number of halogens is 1. The second kappa shape index (κ2) is 5.46. The smallest absolute Gasteiger partial charge is 0.266 e. The van der Waals surface area contributed by atoms with Crippen LogP contribution >= 0.6 is 24.0 Å². The molecule has 1 aromatic heterocycles. The Kier molecular flexibility index (Phi) is 3.65. The molecule has 106 valence electrons. The molecular formula is C15H10FNO2S2. The van der Waals surface area contributed by atoms with E-state index in [0.717, 1.165) is 5.56 Å². The Balaban J connectivity index is 1.87. The highest BCUT2D eigenvalue weighted by molar-refractivity contribution is 8.26. The van der Waals surface area contributed by atoms with Gasteiger partial charge in [0.1, 0.15) is 21.7 Å². The summed E-state index contributed by atoms with van der Waals surface area (Å²) in [5, 5.41) is 0. The molecule has 0 saturated carbocycles. The summed E-state index contributed by atoms with van der Waals surface area (Å²) in [6, 6.07) is 9.58. The van der Waals surface area contributed by atoms with E-state index in [2.05, 4.69) is 0 Å². The minimum atomic E-state index is -0.294. The van der Waals surface area contributed by atoms with Crippen molar-refractivity contribution in [3.8, 4) is 11.3 Å². The molecule has 0 N–H and O–H groups in total. The Morgan fingerprint density at radius 3 is 2.57 bits per heavy atom. The van der Waals surface area contributed by atoms with Gasteiger partial charge in [-0.2, -0.15) is 0 Å². The van der Waals surface area contributed by atoms with Gasteiger partial charge in [0.25, 0.3) is 5.91 Å². The molecule has 1 aliphatic rings. The van der Waals surface area contributed by atoms with Crippen LogP contribution in [0, 0.1) is 5.82 Å². The minimum Gasteiger partial charge on any atom is -0.457 e. The van der Waals surface area contributed by atoms with Gasteiger partial charge in [-0.3, -0.25) is 9.69 Å². The number of carbonyl (C=O) groups excluding carboxylic acids is 1. The fraction of sp³-hybridized carbons (Fsp3) is 0.0667. The third kappa shape index (κ3) is 2.77. The van der Waals surface area contributed by atoms with Gasteiger partial charge in [-0.15, -0.1) is 0 Å². The molecule has 1 fully saturated rings. The molecule has 0 unspecified atom stereocenters. The first-order chi connectivity index (χ1) is 10.0. The number of likely N-dealkylation sites (N-methyl/N-ethyl adjacent to an activating group) is 1. The summed E-state index contributed by atoms with van der Waals surface area (Å²) in [6.45, 7) is 0. The van der Waals surface area contributed by atoms with Crippen LogP contribution in [0.2, 0.25) is 0 Å². The van der Waals surface area contributed by atoms with E-state index in [1.165, 1.54) is 28.8 Å². The number of thioether (sulfide) groups is 1. The summed E-state index contributed by atoms with van der Waals surface area (Å²) in [4.78, 5) is 13.9. The lowest BCUT2D eigenvalue weighted by Crippen LogP contribution is -2.22. The summed E-state index contributed by atoms with van der Waals surface area (Å²) in [5.74, 6) is 0.749. The number of thiocarbonyl (C=S) groups is 1. The predicted molar refractivity (Wildman–Crippen MR) is 85.0 cm³/mol. The highest BCUT2D eigenvalue weighted by Gasteiger charge is 2.28. The normalized spacial score (nSPS) is 17.0. The van der Waals surface area contributed by atoms with Crippen LogP contribution in [0.15, 0.2) is 45.7 Å². The molecule has 3 rings (SSSR count). The fourth-order valence-corrected chi connectivity index (χ4v) is 3.03. The minimum absolute atomic E-state index is 0.135. The summed E-state index contributed by atoms with van der Waals surface area (Å²) in [7, 11) is 1.64. The number of amides is 1. The molecule has 0 aliphatic carbocycles. The van der Waals surface area contributed by atoms with E-state index in [1.54, 1.807) is 37.4 Å². The van der Waals surface area contributed by atoms with Crippen molar-refractivity contribution in [1.82, 2.24) is 4.90 Å². The molecule has 2 heterocycles. The zero-order valence-corrected chi connectivity index (χ0v) is 12.6. The van der Waals surface area contributed by atoms with Crippen LogP contribution < -0.4 is 0 Å². The van der Waals surface area contributed by atoms with Gasteiger partial charge in [-0.1, -0.05) is 24.0 Å². The Bertz CT molecular complexity index is 749. The second-order valence-electron chi connectivity index (χ2n) is 4.45. The molecule has 0 atom stereocenters. The van der Waals surface area contributed by atoms with Crippen LogP contribution in [-0.4, -0.2) is 22.2 Å². The number of hydrogen-bond donors (Lipinski definition) is 0. The first-order valence-corrected chi connectivity index (χ1v) is 7.34. The lowest BCUT2D eigenvalue weighted by atomic mass is 10.2. The molecular weight excluding hydrogens is 309 g/mol. The van der Waals surface area contributed by atoms with Crippen molar-refractivity contribution in [2.45, 2.75) is 0 Å². The SMILES string of the molecule is CN1C(=O)/C(=C/c2ccc(-c3ccc(F)cc3)o2)SC1=S. The first kappa shape index (κ1) is 14.0. The molecule has 0 radical (unpaired) electrons. The van der Waals surface area contributed by atoms with E-state index in [0.29, 0.717) is 20.7 Å². The third-order valence-electron chi connectivity index (χ3n) is 3.02. The van der Waals surface area contributed by atoms with Crippen molar-refractivity contribution in [1.29, 1.82) is 0 Å². The molecule has 0 bridgehead atoms. The molecule has 0 spiro atoms. The van der Waals surface area contributed by atoms with Crippen LogP contribution in [0.3, 0.4) is 0 Å². The molecule has 1 saturated heterocycles. The maximum atomic E-state index is 12.9. The Hall–Kier alpha value is -1.92. The largest absolute Gasteiger partial charge is 0.457 e. The third-order valence-corrected chi connectivity index (χ3v) is 4.50. The molecule has 2 aromatic rings. The number of rotatable bonds is 2. The van der Waals surface area contributed by atoms with Crippen molar-refractivity contribution in [3.63, 3.8) is 0 Å². The van der Waals surface area contributed by atoms with Gasteiger partial charge in [0, 0.05) is 18.7 Å². The van der Waals surface area contributed by atoms with Gasteiger partial charge in [0.05, 0.1) is 4.91 Å². The van der Waals surface area contributed by atoms with Gasteiger partial charge >= 0.3 is 0 Å². The number of benzene rings is 1. The van der Waals surface area contributed by atoms with E-state index in [4.69, 9.17) is 16.6 Å². The van der Waals surface area contributed by atoms with Gasteiger partial charge in [0.2, 0.25) is 0 Å². The zero-order valence-electron chi connectivity index (χ0n) is 11.0. The number of hydrogen-bond acceptors (Lipinski definition) is 4. The highest BCUT2D eigenvalue weighted by atomic mass is 32.2. The molecule has 1 amide bonds. The van der Waals surface area contributed by atoms with E-state index >= 15 is 0 Å². The summed E-state index contributed by atoms with van der Waals surface area (Å²) < 4.78 is 19.1. The van der Waals surface area contributed by atoms with Crippen LogP contribution in [-0.2, 0) is 4.79 Å². The van der Waals surface area contributed by atoms with Crippen molar-refractivity contribution in [2.24, 2.45) is 0 Å². The van der Waals surface area contributed by atoms with Crippen molar-refractivity contribution >= 4 is 40.3 Å². The zero-order chi connectivity index (χ0) is 15.0. The highest BCUT2D eigenvalue weighted by Crippen LogP contribution is 2.32. The van der Waals surface area contributed by atoms with E-state index in [9.17, 15) is 9.18 Å². The van der Waals surface area contributed by atoms with Gasteiger partial charge < -0.3 is 4.42 Å². The predicted octanol–water partition coefficient (Wildman–Crippen LogP) is 3.92. The fourth-order valence-electron chi connectivity index (χ4n) is 1.87. The summed E-state index contributed by atoms with van der Waals surface area (Å²) in [5.41, 5.74) is 0.777. The number of furan rings is 1. The van der Waals surface area contributed by atoms with Crippen molar-refractivity contribution in [2.75, 3.05) is 7.05 Å². The van der Waals surface area contributed by atoms with Crippen molar-refractivity contribution in [3.05, 3.63) is 52.9 Å². The Morgan fingerprint density at radius 2 is 1.95 bits per heavy atom. The standard InChI is InChI=1S/C15H10FNO2S2/c1-17-14(18)13(21-15(17)20)8-11-6-7-12(19-11)9-2-4-10(16)5-3-9/h2-8H,1H3/b13-8-. The van der Waals surface area contributed by atoms with Crippen LogP contribution in [0.1, 0.15) is 5.76 Å². The number of carbonyl (C=O) groups is 1. The van der Waals surface area contributed by atoms with Gasteiger partial charge in [0.15, 0.2) is 0 Å². The van der Waals surface area contributed by atoms with E-state index in [-0.39, 0.29) is 11.7 Å². The monoisotopic (exact) mass is 319 g/mol. The molecule has 21 heavy (non-hydrogen) atoms. The summed E-state index contributed by atoms with van der Waals surface area (Å²) in [6.07, 6.45) is 1.66. The maximum absolute atomic E-state index is 12.9. The van der Waals surface area contributed by atoms with Crippen LogP contribution in [0.4, 0.5) is 4.39 Å². The van der Waals surface area contributed by atoms with E-state index in [1.807, 2.05) is 0 Å². The summed E-state index contributed by atoms with van der Waals surface area (Å²) >= 11 is 6.31. The lowest BCUT2D eigenvalue weighted by molar-refractivity contribution is -0.121. The lowest BCUT2D eigenvalue weighted by Gasteiger charge is -2.03. The maximum Gasteiger partial charge on any atom is 0.266 e. The molecule has 1 aliphatic heterocycles. The average molecular weight is 319 g/mol.